The Kier molecular flexibility index (Phi) is 6.70. The maximum Gasteiger partial charge on any atom is 0.262 e. The number of aromatic nitrogens is 2. The molecule has 1 atom stereocenters. The van der Waals surface area contributed by atoms with Crippen molar-refractivity contribution in [3.8, 4) is 0 Å². The van der Waals surface area contributed by atoms with E-state index in [2.05, 4.69) is 10.3 Å². The monoisotopic (exact) mass is 405 g/mol. The summed E-state index contributed by atoms with van der Waals surface area (Å²) < 4.78 is 28.6. The number of nitrogens with zero attached hydrogens (tertiary/aromatic N) is 4. The number of aryl methyl sites for hydroxylation is 2. The summed E-state index contributed by atoms with van der Waals surface area (Å²) >= 11 is 0. The van der Waals surface area contributed by atoms with E-state index in [1.807, 2.05) is 11.8 Å². The first-order valence-electron chi connectivity index (χ1n) is 8.82. The van der Waals surface area contributed by atoms with Gasteiger partial charge in [-0.1, -0.05) is 0 Å². The molecule has 2 aliphatic rings. The second-order valence-electron chi connectivity index (χ2n) is 7.00. The lowest BCUT2D eigenvalue weighted by Gasteiger charge is -2.38. The normalized spacial score (nSPS) is 22.9. The van der Waals surface area contributed by atoms with Crippen LogP contribution < -0.4 is 5.32 Å². The van der Waals surface area contributed by atoms with Gasteiger partial charge in [-0.3, -0.25) is 4.79 Å². The van der Waals surface area contributed by atoms with Gasteiger partial charge in [0.15, 0.2) is 5.03 Å². The van der Waals surface area contributed by atoms with Gasteiger partial charge in [0, 0.05) is 57.9 Å². The van der Waals surface area contributed by atoms with E-state index in [1.165, 1.54) is 4.31 Å². The van der Waals surface area contributed by atoms with Gasteiger partial charge in [-0.25, -0.2) is 13.4 Å². The van der Waals surface area contributed by atoms with Crippen molar-refractivity contribution >= 4 is 28.3 Å². The first-order valence-corrected chi connectivity index (χ1v) is 10.3. The second-order valence-corrected chi connectivity index (χ2v) is 8.89. The Labute approximate surface area is 161 Å². The van der Waals surface area contributed by atoms with Crippen LogP contribution in [0.1, 0.15) is 25.6 Å². The van der Waals surface area contributed by atoms with Gasteiger partial charge in [-0.15, -0.1) is 12.4 Å². The van der Waals surface area contributed by atoms with Crippen LogP contribution in [0.25, 0.3) is 0 Å². The fraction of sp³-hybridized carbons (Fsp3) is 0.750. The quantitative estimate of drug-likeness (QED) is 0.785. The minimum Gasteiger partial charge on any atom is -0.337 e. The van der Waals surface area contributed by atoms with Crippen molar-refractivity contribution in [3.63, 3.8) is 0 Å². The molecular weight excluding hydrogens is 378 g/mol. The molecule has 0 bridgehead atoms. The first-order chi connectivity index (χ1) is 11.8. The minimum atomic E-state index is -3.58. The molecule has 0 unspecified atom stereocenters. The van der Waals surface area contributed by atoms with Crippen LogP contribution in [0.3, 0.4) is 0 Å². The minimum absolute atomic E-state index is 0. The molecule has 0 radical (unpaired) electrons. The summed E-state index contributed by atoms with van der Waals surface area (Å²) in [7, 11) is -1.80. The van der Waals surface area contributed by atoms with E-state index in [0.717, 1.165) is 19.6 Å². The molecule has 1 aromatic rings. The Hall–Kier alpha value is -1.16. The largest absolute Gasteiger partial charge is 0.337 e. The van der Waals surface area contributed by atoms with Crippen molar-refractivity contribution < 1.29 is 13.2 Å². The lowest BCUT2D eigenvalue weighted by Crippen LogP contribution is -2.55. The number of halogens is 1. The number of sulfonamides is 1. The molecule has 3 heterocycles. The van der Waals surface area contributed by atoms with Crippen molar-refractivity contribution in [3.05, 3.63) is 12.0 Å². The Bertz CT molecular complexity index is 724. The lowest BCUT2D eigenvalue weighted by molar-refractivity contribution is -0.139. The molecule has 1 N–H and O–H groups in total. The van der Waals surface area contributed by atoms with E-state index >= 15 is 0 Å². The fourth-order valence-electron chi connectivity index (χ4n) is 3.53. The predicted molar refractivity (Wildman–Crippen MR) is 101 cm³/mol. The summed E-state index contributed by atoms with van der Waals surface area (Å²) in [6.07, 6.45) is 2.69. The van der Waals surface area contributed by atoms with Crippen LogP contribution in [0.2, 0.25) is 0 Å². The molecule has 0 aliphatic carbocycles. The summed E-state index contributed by atoms with van der Waals surface area (Å²) in [5, 5.41) is 3.37. The topological polar surface area (TPSA) is 87.5 Å². The second kappa shape index (κ2) is 8.24. The number of piperidine rings is 1. The third kappa shape index (κ3) is 4.05. The highest BCUT2D eigenvalue weighted by Crippen LogP contribution is 2.25. The molecule has 26 heavy (non-hydrogen) atoms. The van der Waals surface area contributed by atoms with Gasteiger partial charge < -0.3 is 14.8 Å². The van der Waals surface area contributed by atoms with Gasteiger partial charge in [0.1, 0.15) is 5.82 Å². The number of carbonyl (C=O) groups excluding carboxylic acids is 1. The standard InChI is InChI=1S/C16H27N5O3S.ClH/c1-12-10-17-6-9-21(12)16(22)14-4-7-20(8-5-14)25(23,24)15-11-19(3)13(2)18-15;/h11-12,14,17H,4-10H2,1-3H3;1H/t12-;/m0./s1. The molecular formula is C16H28ClN5O3S. The molecule has 0 spiro atoms. The van der Waals surface area contributed by atoms with E-state index in [9.17, 15) is 13.2 Å². The first kappa shape index (κ1) is 21.1. The summed E-state index contributed by atoms with van der Waals surface area (Å²) in [4.78, 5) is 18.8. The van der Waals surface area contributed by atoms with E-state index in [0.29, 0.717) is 31.8 Å². The molecule has 8 nitrogen and oxygen atoms in total. The fourth-order valence-corrected chi connectivity index (χ4v) is 5.02. The number of rotatable bonds is 3. The predicted octanol–water partition coefficient (Wildman–Crippen LogP) is 0.371. The van der Waals surface area contributed by atoms with Gasteiger partial charge in [-0.2, -0.15) is 4.31 Å². The Balaban J connectivity index is 0.00000243. The molecule has 148 valence electrons. The average Bonchev–Trinajstić information content (AvgIpc) is 2.95. The molecule has 0 aromatic carbocycles. The Morgan fingerprint density at radius 1 is 1.27 bits per heavy atom. The molecule has 1 amide bonds. The number of piperazine rings is 1. The molecule has 2 fully saturated rings. The van der Waals surface area contributed by atoms with Crippen molar-refractivity contribution in [2.75, 3.05) is 32.7 Å². The molecule has 0 saturated carbocycles. The Morgan fingerprint density at radius 2 is 1.92 bits per heavy atom. The van der Waals surface area contributed by atoms with Crippen LogP contribution in [0.15, 0.2) is 11.2 Å². The maximum absolute atomic E-state index is 12.8. The molecule has 2 saturated heterocycles. The SMILES string of the molecule is Cc1nc(S(=O)(=O)N2CCC(C(=O)N3CCNC[C@@H]3C)CC2)cn1C.Cl. The van der Waals surface area contributed by atoms with Gasteiger partial charge in [0.25, 0.3) is 10.0 Å². The highest BCUT2D eigenvalue weighted by molar-refractivity contribution is 7.89. The Morgan fingerprint density at radius 3 is 2.46 bits per heavy atom. The number of hydrogen-bond donors (Lipinski definition) is 1. The van der Waals surface area contributed by atoms with E-state index in [-0.39, 0.29) is 35.3 Å². The summed E-state index contributed by atoms with van der Waals surface area (Å²) in [5.41, 5.74) is 0. The highest BCUT2D eigenvalue weighted by atomic mass is 35.5. The van der Waals surface area contributed by atoms with E-state index in [4.69, 9.17) is 0 Å². The number of carbonyl (C=O) groups is 1. The molecule has 3 rings (SSSR count). The molecule has 1 aromatic heterocycles. The summed E-state index contributed by atoms with van der Waals surface area (Å²) in [5.74, 6) is 0.744. The molecule has 10 heteroatoms. The summed E-state index contributed by atoms with van der Waals surface area (Å²) in [6, 6.07) is 0.194. The zero-order chi connectivity index (χ0) is 18.2. The van der Waals surface area contributed by atoms with Crippen LogP contribution in [0.4, 0.5) is 0 Å². The van der Waals surface area contributed by atoms with E-state index in [1.54, 1.807) is 24.7 Å². The van der Waals surface area contributed by atoms with Crippen molar-refractivity contribution in [2.45, 2.75) is 37.8 Å². The van der Waals surface area contributed by atoms with Gasteiger partial charge >= 0.3 is 0 Å². The zero-order valence-electron chi connectivity index (χ0n) is 15.5. The highest BCUT2D eigenvalue weighted by Gasteiger charge is 2.36. The van der Waals surface area contributed by atoms with Crippen LogP contribution in [0.5, 0.6) is 0 Å². The third-order valence-corrected chi connectivity index (χ3v) is 7.05. The van der Waals surface area contributed by atoms with Crippen LogP contribution >= 0.6 is 12.4 Å². The smallest absolute Gasteiger partial charge is 0.262 e. The summed E-state index contributed by atoms with van der Waals surface area (Å²) in [6.45, 7) is 6.93. The molecule has 2 aliphatic heterocycles. The van der Waals surface area contributed by atoms with Gasteiger partial charge in [-0.05, 0) is 26.7 Å². The maximum atomic E-state index is 12.8. The number of hydrogen-bond acceptors (Lipinski definition) is 5. The van der Waals surface area contributed by atoms with Crippen molar-refractivity contribution in [2.24, 2.45) is 13.0 Å². The van der Waals surface area contributed by atoms with Crippen molar-refractivity contribution in [1.82, 2.24) is 24.1 Å². The lowest BCUT2D eigenvalue weighted by atomic mass is 9.95. The average molecular weight is 406 g/mol. The number of nitrogens with one attached hydrogen (secondary N) is 1. The number of amides is 1. The number of imidazole rings is 1. The third-order valence-electron chi connectivity index (χ3n) is 5.28. The van der Waals surface area contributed by atoms with E-state index < -0.39 is 10.0 Å². The van der Waals surface area contributed by atoms with Crippen LogP contribution in [0, 0.1) is 12.8 Å². The van der Waals surface area contributed by atoms with Crippen LogP contribution in [-0.4, -0.2) is 71.8 Å². The van der Waals surface area contributed by atoms with Crippen LogP contribution in [-0.2, 0) is 21.9 Å². The van der Waals surface area contributed by atoms with Gasteiger partial charge in [0.2, 0.25) is 5.91 Å². The zero-order valence-corrected chi connectivity index (χ0v) is 17.1. The van der Waals surface area contributed by atoms with Crippen molar-refractivity contribution in [1.29, 1.82) is 0 Å². The van der Waals surface area contributed by atoms with Gasteiger partial charge in [0.05, 0.1) is 0 Å².